The van der Waals surface area contributed by atoms with Crippen LogP contribution in [-0.4, -0.2) is 18.0 Å². The Labute approximate surface area is 199 Å². The smallest absolute Gasteiger partial charge is 0.225 e. The Hall–Kier alpha value is -4.08. The van der Waals surface area contributed by atoms with Gasteiger partial charge in [-0.15, -0.1) is 0 Å². The van der Waals surface area contributed by atoms with Crippen LogP contribution in [0.4, 0.5) is 0 Å². The summed E-state index contributed by atoms with van der Waals surface area (Å²) >= 11 is 0. The highest BCUT2D eigenvalue weighted by Gasteiger charge is 2.52. The summed E-state index contributed by atoms with van der Waals surface area (Å²) in [5, 5.41) is 10.3. The van der Waals surface area contributed by atoms with Gasteiger partial charge in [-0.3, -0.25) is 9.97 Å². The zero-order chi connectivity index (χ0) is 22.7. The van der Waals surface area contributed by atoms with Crippen molar-refractivity contribution >= 4 is 50.6 Å². The monoisotopic (exact) mass is 450 g/mol. The van der Waals surface area contributed by atoms with Crippen LogP contribution in [0.15, 0.2) is 116 Å². The van der Waals surface area contributed by atoms with E-state index in [0.717, 1.165) is 10.6 Å². The van der Waals surface area contributed by atoms with Crippen molar-refractivity contribution in [3.05, 3.63) is 121 Å². The van der Waals surface area contributed by atoms with Crippen LogP contribution in [0.1, 0.15) is 5.56 Å². The minimum atomic E-state index is -2.76. The van der Waals surface area contributed by atoms with Crippen molar-refractivity contribution < 1.29 is 0 Å². The molecule has 0 saturated carbocycles. The van der Waals surface area contributed by atoms with E-state index < -0.39 is 8.07 Å². The van der Waals surface area contributed by atoms with E-state index in [2.05, 4.69) is 97.9 Å². The summed E-state index contributed by atoms with van der Waals surface area (Å²) in [4.78, 5) is 10.1. The van der Waals surface area contributed by atoms with Crippen LogP contribution in [0.2, 0.25) is 0 Å². The Morgan fingerprint density at radius 1 is 0.559 bits per heavy atom. The molecule has 0 N–H and O–H groups in total. The predicted octanol–water partition coefficient (Wildman–Crippen LogP) is 4.45. The summed E-state index contributed by atoms with van der Waals surface area (Å²) in [5.41, 5.74) is 3.95. The normalized spacial score (nSPS) is 13.7. The highest BCUT2D eigenvalue weighted by Crippen LogP contribution is 2.39. The van der Waals surface area contributed by atoms with Gasteiger partial charge >= 0.3 is 0 Å². The minimum Gasteiger partial charge on any atom is -0.265 e. The molecule has 0 spiro atoms. The zero-order valence-electron chi connectivity index (χ0n) is 18.9. The van der Waals surface area contributed by atoms with E-state index in [9.17, 15) is 0 Å². The van der Waals surface area contributed by atoms with Crippen molar-refractivity contribution in [2.24, 2.45) is 0 Å². The third-order valence-electron chi connectivity index (χ3n) is 7.25. The molecule has 0 bridgehead atoms. The maximum Gasteiger partial charge on any atom is 0.225 e. The Morgan fingerprint density at radius 3 is 1.74 bits per heavy atom. The summed E-state index contributed by atoms with van der Waals surface area (Å²) < 4.78 is 0. The van der Waals surface area contributed by atoms with E-state index in [1.54, 1.807) is 0 Å². The molecule has 0 saturated heterocycles. The second-order valence-corrected chi connectivity index (χ2v) is 12.6. The Balaban J connectivity index is 1.82. The van der Waals surface area contributed by atoms with Gasteiger partial charge in [0.15, 0.2) is 0 Å². The topological polar surface area (TPSA) is 25.8 Å². The first-order valence-electron chi connectivity index (χ1n) is 11.7. The lowest BCUT2D eigenvalue weighted by molar-refractivity contribution is 1.35. The number of hydrogen-bond acceptors (Lipinski definition) is 2. The van der Waals surface area contributed by atoms with Crippen LogP contribution in [0, 0.1) is 6.92 Å². The summed E-state index contributed by atoms with van der Waals surface area (Å²) in [6, 6.07) is 37.4. The molecular formula is C31H22N2Si. The van der Waals surface area contributed by atoms with Crippen LogP contribution in [0.3, 0.4) is 0 Å². The average Bonchev–Trinajstić information content (AvgIpc) is 3.21. The lowest BCUT2D eigenvalue weighted by atomic mass is 9.93. The van der Waals surface area contributed by atoms with Gasteiger partial charge in [0, 0.05) is 23.0 Å². The highest BCUT2D eigenvalue weighted by molar-refractivity contribution is 7.22. The van der Waals surface area contributed by atoms with Crippen molar-refractivity contribution in [2.45, 2.75) is 6.92 Å². The van der Waals surface area contributed by atoms with Crippen LogP contribution in [0.5, 0.6) is 0 Å². The predicted molar refractivity (Wildman–Crippen MR) is 144 cm³/mol. The fraction of sp³-hybridized carbons (Fsp3) is 0.0323. The summed E-state index contributed by atoms with van der Waals surface area (Å²) in [5.74, 6) is 0. The lowest BCUT2D eigenvalue weighted by Crippen LogP contribution is -2.74. The second kappa shape index (κ2) is 7.21. The summed E-state index contributed by atoms with van der Waals surface area (Å²) in [6.45, 7) is 2.19. The van der Waals surface area contributed by atoms with Crippen molar-refractivity contribution in [1.29, 1.82) is 0 Å². The SMILES string of the molecule is Cc1ccc2c(c1)[Si](c1ccccn1)(c1ccccn1)c1c-2c2ccccc2c2ccccc12. The van der Waals surface area contributed by atoms with Crippen molar-refractivity contribution in [3.63, 3.8) is 0 Å². The Morgan fingerprint density at radius 2 is 1.12 bits per heavy atom. The molecule has 3 heterocycles. The molecule has 0 atom stereocenters. The molecule has 1 aliphatic rings. The number of pyridine rings is 2. The number of rotatable bonds is 2. The van der Waals surface area contributed by atoms with E-state index in [-0.39, 0.29) is 0 Å². The number of benzene rings is 4. The van der Waals surface area contributed by atoms with E-state index in [1.807, 2.05) is 24.5 Å². The fourth-order valence-corrected chi connectivity index (χ4v) is 11.1. The second-order valence-electron chi connectivity index (χ2n) is 9.07. The maximum absolute atomic E-state index is 5.05. The van der Waals surface area contributed by atoms with Gasteiger partial charge in [0.05, 0.1) is 0 Å². The van der Waals surface area contributed by atoms with Gasteiger partial charge in [-0.25, -0.2) is 0 Å². The van der Waals surface area contributed by atoms with Crippen molar-refractivity contribution in [2.75, 3.05) is 0 Å². The largest absolute Gasteiger partial charge is 0.265 e. The first-order valence-corrected chi connectivity index (χ1v) is 13.7. The molecule has 160 valence electrons. The molecule has 2 nitrogen and oxygen atoms in total. The first-order chi connectivity index (χ1) is 16.8. The molecule has 7 rings (SSSR count). The third kappa shape index (κ3) is 2.45. The molecule has 0 radical (unpaired) electrons. The number of aromatic nitrogens is 2. The van der Waals surface area contributed by atoms with Gasteiger partial charge in [0.1, 0.15) is 0 Å². The van der Waals surface area contributed by atoms with Gasteiger partial charge in [-0.1, -0.05) is 84.4 Å². The molecule has 0 amide bonds. The quantitative estimate of drug-likeness (QED) is 0.287. The molecular weight excluding hydrogens is 428 g/mol. The van der Waals surface area contributed by atoms with E-state index in [0.29, 0.717) is 0 Å². The Bertz CT molecular complexity index is 1670. The number of nitrogens with zero attached hydrogens (tertiary/aromatic N) is 2. The van der Waals surface area contributed by atoms with Crippen LogP contribution in [-0.2, 0) is 0 Å². The Kier molecular flexibility index (Phi) is 4.11. The van der Waals surface area contributed by atoms with E-state index >= 15 is 0 Å². The zero-order valence-corrected chi connectivity index (χ0v) is 19.9. The van der Waals surface area contributed by atoms with Gasteiger partial charge in [-0.05, 0) is 74.2 Å². The van der Waals surface area contributed by atoms with Crippen LogP contribution in [0.25, 0.3) is 32.7 Å². The van der Waals surface area contributed by atoms with Crippen LogP contribution >= 0.6 is 0 Å². The van der Waals surface area contributed by atoms with Crippen molar-refractivity contribution in [3.8, 4) is 11.1 Å². The lowest BCUT2D eigenvalue weighted by Gasteiger charge is -2.30. The molecule has 6 aromatic rings. The third-order valence-corrected chi connectivity index (χ3v) is 11.9. The summed E-state index contributed by atoms with van der Waals surface area (Å²) in [6.07, 6.45) is 3.87. The standard InChI is InChI=1S/C31H22N2Si/c1-21-16-17-26-27(20-21)34(28-14-6-8-18-32-28,29-15-7-9-19-33-29)31-25-13-5-3-11-23(25)22-10-2-4-12-24(22)30(26)31/h2-20H,1H3. The molecule has 0 aliphatic carbocycles. The number of aryl methyl sites for hydroxylation is 1. The number of fused-ring (bicyclic) bond motifs is 8. The molecule has 1 aliphatic heterocycles. The molecule has 3 heteroatoms. The maximum atomic E-state index is 5.05. The first kappa shape index (κ1) is 19.4. The van der Waals surface area contributed by atoms with Gasteiger partial charge < -0.3 is 0 Å². The highest BCUT2D eigenvalue weighted by atomic mass is 28.3. The molecule has 34 heavy (non-hydrogen) atoms. The van der Waals surface area contributed by atoms with E-state index in [4.69, 9.17) is 9.97 Å². The van der Waals surface area contributed by atoms with E-state index in [1.165, 1.54) is 48.6 Å². The van der Waals surface area contributed by atoms with Gasteiger partial charge in [0.2, 0.25) is 8.07 Å². The average molecular weight is 451 g/mol. The van der Waals surface area contributed by atoms with Crippen LogP contribution < -0.4 is 21.0 Å². The van der Waals surface area contributed by atoms with Gasteiger partial charge in [-0.2, -0.15) is 0 Å². The molecule has 2 aromatic heterocycles. The molecule has 4 aromatic carbocycles. The molecule has 0 fully saturated rings. The van der Waals surface area contributed by atoms with Gasteiger partial charge in [0.25, 0.3) is 0 Å². The summed E-state index contributed by atoms with van der Waals surface area (Å²) in [7, 11) is -2.76. The molecule has 0 unspecified atom stereocenters. The van der Waals surface area contributed by atoms with Crippen molar-refractivity contribution in [1.82, 2.24) is 9.97 Å². The number of hydrogen-bond donors (Lipinski definition) is 0. The minimum absolute atomic E-state index is 1.14. The fourth-order valence-electron chi connectivity index (χ4n) is 5.96.